The first-order valence-corrected chi connectivity index (χ1v) is 10.2. The number of hydrogen-bond donors (Lipinski definition) is 1. The molecule has 0 radical (unpaired) electrons. The topological polar surface area (TPSA) is 52.7 Å². The normalized spacial score (nSPS) is 22.1. The van der Waals surface area contributed by atoms with Gasteiger partial charge in [-0.2, -0.15) is 0 Å². The van der Waals surface area contributed by atoms with Gasteiger partial charge in [-0.05, 0) is 31.5 Å². The molecular formula is C21H27Cl2N3O2. The molecule has 2 amide bonds. The molecule has 0 aliphatic carbocycles. The smallest absolute Gasteiger partial charge is 0.254 e. The van der Waals surface area contributed by atoms with Crippen LogP contribution in [0.2, 0.25) is 10.0 Å². The van der Waals surface area contributed by atoms with E-state index in [1.807, 2.05) is 40.7 Å². The van der Waals surface area contributed by atoms with Crippen LogP contribution in [0.5, 0.6) is 0 Å². The Kier molecular flexibility index (Phi) is 5.22. The lowest BCUT2D eigenvalue weighted by atomic mass is 9.89. The predicted molar refractivity (Wildman–Crippen MR) is 112 cm³/mol. The molecule has 1 aromatic carbocycles. The summed E-state index contributed by atoms with van der Waals surface area (Å²) in [6.45, 7) is 10.7. The third-order valence-electron chi connectivity index (χ3n) is 5.66. The van der Waals surface area contributed by atoms with Crippen LogP contribution in [0.25, 0.3) is 0 Å². The monoisotopic (exact) mass is 423 g/mol. The quantitative estimate of drug-likeness (QED) is 0.741. The Balaban J connectivity index is 2.25. The molecule has 0 fully saturated rings. The van der Waals surface area contributed by atoms with Crippen molar-refractivity contribution in [3.8, 4) is 0 Å². The minimum Gasteiger partial charge on any atom is -0.384 e. The van der Waals surface area contributed by atoms with Crippen molar-refractivity contribution in [2.45, 2.75) is 46.2 Å². The van der Waals surface area contributed by atoms with Crippen LogP contribution in [0.15, 0.2) is 29.5 Å². The van der Waals surface area contributed by atoms with Crippen LogP contribution in [0.3, 0.4) is 0 Å². The van der Waals surface area contributed by atoms with E-state index < -0.39 is 17.0 Å². The number of amides is 2. The highest BCUT2D eigenvalue weighted by molar-refractivity contribution is 6.42. The lowest BCUT2D eigenvalue weighted by Gasteiger charge is -2.36. The second-order valence-corrected chi connectivity index (χ2v) is 9.78. The average Bonchev–Trinajstić information content (AvgIpc) is 2.75. The summed E-state index contributed by atoms with van der Waals surface area (Å²) in [7, 11) is 1.79. The third-order valence-corrected chi connectivity index (χ3v) is 6.40. The summed E-state index contributed by atoms with van der Waals surface area (Å²) in [4.78, 5) is 30.1. The number of carbonyl (C=O) groups excluding carboxylic acids is 2. The van der Waals surface area contributed by atoms with Crippen molar-refractivity contribution in [3.63, 3.8) is 0 Å². The van der Waals surface area contributed by atoms with Gasteiger partial charge in [0.05, 0.1) is 27.2 Å². The highest BCUT2D eigenvalue weighted by Crippen LogP contribution is 2.44. The van der Waals surface area contributed by atoms with Crippen LogP contribution >= 0.6 is 23.2 Å². The van der Waals surface area contributed by atoms with Gasteiger partial charge in [-0.15, -0.1) is 0 Å². The van der Waals surface area contributed by atoms with E-state index in [0.29, 0.717) is 28.7 Å². The first-order chi connectivity index (χ1) is 12.9. The van der Waals surface area contributed by atoms with Gasteiger partial charge in [0, 0.05) is 31.2 Å². The highest BCUT2D eigenvalue weighted by atomic mass is 35.5. The molecule has 7 heteroatoms. The molecule has 0 aromatic heterocycles. The van der Waals surface area contributed by atoms with E-state index >= 15 is 0 Å². The molecule has 28 heavy (non-hydrogen) atoms. The average molecular weight is 424 g/mol. The lowest BCUT2D eigenvalue weighted by Crippen LogP contribution is -2.47. The van der Waals surface area contributed by atoms with Crippen molar-refractivity contribution in [2.24, 2.45) is 5.41 Å². The fraction of sp³-hybridized carbons (Fsp3) is 0.524. The van der Waals surface area contributed by atoms with Crippen molar-refractivity contribution in [1.29, 1.82) is 0 Å². The number of nitrogens with one attached hydrogen (secondary N) is 1. The third kappa shape index (κ3) is 3.29. The molecule has 2 aliphatic rings. The van der Waals surface area contributed by atoms with Gasteiger partial charge in [0.2, 0.25) is 5.91 Å². The van der Waals surface area contributed by atoms with Crippen LogP contribution in [0.4, 0.5) is 0 Å². The summed E-state index contributed by atoms with van der Waals surface area (Å²) >= 11 is 12.4. The van der Waals surface area contributed by atoms with E-state index in [-0.39, 0.29) is 11.8 Å². The molecule has 1 unspecified atom stereocenters. The van der Waals surface area contributed by atoms with Gasteiger partial charge in [0.15, 0.2) is 0 Å². The molecule has 2 aliphatic heterocycles. The molecule has 1 atom stereocenters. The minimum atomic E-state index is -0.581. The summed E-state index contributed by atoms with van der Waals surface area (Å²) < 4.78 is 0. The standard InChI is InChI=1S/C21H27Cl2N3O2/c1-20(2,3)19(28)26-10-9-24-17-15(18(27)25(6)21(17,4)5)16(26)12-7-8-13(22)14(23)11-12/h7-8,11,16,24H,9-10H2,1-6H3. The van der Waals surface area contributed by atoms with Crippen LogP contribution in [-0.2, 0) is 9.59 Å². The van der Waals surface area contributed by atoms with E-state index in [0.717, 1.165) is 11.3 Å². The molecule has 0 saturated carbocycles. The lowest BCUT2D eigenvalue weighted by molar-refractivity contribution is -0.141. The summed E-state index contributed by atoms with van der Waals surface area (Å²) in [5.74, 6) is -0.100. The van der Waals surface area contributed by atoms with Crippen molar-refractivity contribution < 1.29 is 9.59 Å². The first-order valence-electron chi connectivity index (χ1n) is 9.40. The second-order valence-electron chi connectivity index (χ2n) is 8.96. The number of carbonyl (C=O) groups is 2. The van der Waals surface area contributed by atoms with Gasteiger partial charge in [0.25, 0.3) is 5.91 Å². The molecule has 0 saturated heterocycles. The van der Waals surface area contributed by atoms with E-state index in [9.17, 15) is 9.59 Å². The Morgan fingerprint density at radius 3 is 2.43 bits per heavy atom. The van der Waals surface area contributed by atoms with Gasteiger partial charge >= 0.3 is 0 Å². The number of nitrogens with zero attached hydrogens (tertiary/aromatic N) is 2. The second kappa shape index (κ2) is 6.96. The number of hydrogen-bond acceptors (Lipinski definition) is 3. The number of benzene rings is 1. The minimum absolute atomic E-state index is 0.0146. The van der Waals surface area contributed by atoms with E-state index in [2.05, 4.69) is 5.32 Å². The van der Waals surface area contributed by atoms with Gasteiger partial charge in [-0.25, -0.2) is 0 Å². The summed E-state index contributed by atoms with van der Waals surface area (Å²) in [5.41, 5.74) is 1.17. The first kappa shape index (κ1) is 21.0. The molecule has 2 heterocycles. The molecule has 3 rings (SSSR count). The SMILES string of the molecule is CN1C(=O)C2=C(NCCN(C(=O)C(C)(C)C)C2c2ccc(Cl)c(Cl)c2)C1(C)C. The van der Waals surface area contributed by atoms with Crippen molar-refractivity contribution >= 4 is 35.0 Å². The van der Waals surface area contributed by atoms with E-state index in [4.69, 9.17) is 23.2 Å². The van der Waals surface area contributed by atoms with Gasteiger partial charge in [-0.3, -0.25) is 9.59 Å². The highest BCUT2D eigenvalue weighted by Gasteiger charge is 2.49. The van der Waals surface area contributed by atoms with Crippen molar-refractivity contribution in [1.82, 2.24) is 15.1 Å². The van der Waals surface area contributed by atoms with Crippen LogP contribution in [-0.4, -0.2) is 47.3 Å². The number of rotatable bonds is 1. The summed E-state index contributed by atoms with van der Waals surface area (Å²) in [5, 5.41) is 4.26. The Morgan fingerprint density at radius 2 is 1.86 bits per heavy atom. The molecule has 0 spiro atoms. The maximum atomic E-state index is 13.3. The molecular weight excluding hydrogens is 397 g/mol. The maximum absolute atomic E-state index is 13.3. The molecule has 5 nitrogen and oxygen atoms in total. The fourth-order valence-electron chi connectivity index (χ4n) is 3.87. The Bertz CT molecular complexity index is 871. The summed E-state index contributed by atoms with van der Waals surface area (Å²) in [6, 6.07) is 4.79. The molecule has 1 N–H and O–H groups in total. The fourth-order valence-corrected chi connectivity index (χ4v) is 4.18. The van der Waals surface area contributed by atoms with Gasteiger partial charge in [-0.1, -0.05) is 50.0 Å². The molecule has 1 aromatic rings. The van der Waals surface area contributed by atoms with Crippen LogP contribution < -0.4 is 5.32 Å². The number of halogens is 2. The van der Waals surface area contributed by atoms with Crippen molar-refractivity contribution in [3.05, 3.63) is 45.1 Å². The zero-order chi connectivity index (χ0) is 21.0. The van der Waals surface area contributed by atoms with Crippen molar-refractivity contribution in [2.75, 3.05) is 20.1 Å². The Labute approximate surface area is 176 Å². The zero-order valence-corrected chi connectivity index (χ0v) is 18.7. The van der Waals surface area contributed by atoms with Gasteiger partial charge in [0.1, 0.15) is 0 Å². The maximum Gasteiger partial charge on any atom is 0.254 e. The predicted octanol–water partition coefficient (Wildman–Crippen LogP) is 4.02. The van der Waals surface area contributed by atoms with Crippen LogP contribution in [0.1, 0.15) is 46.2 Å². The van der Waals surface area contributed by atoms with E-state index in [1.165, 1.54) is 0 Å². The molecule has 0 bridgehead atoms. The number of likely N-dealkylation sites (N-methyl/N-ethyl adjacent to an activating group) is 1. The largest absolute Gasteiger partial charge is 0.384 e. The van der Waals surface area contributed by atoms with E-state index in [1.54, 1.807) is 29.0 Å². The summed E-state index contributed by atoms with van der Waals surface area (Å²) in [6.07, 6.45) is 0. The van der Waals surface area contributed by atoms with Gasteiger partial charge < -0.3 is 15.1 Å². The Morgan fingerprint density at radius 1 is 1.21 bits per heavy atom. The zero-order valence-electron chi connectivity index (χ0n) is 17.2. The Hall–Kier alpha value is -1.72. The van der Waals surface area contributed by atoms with Crippen LogP contribution in [0, 0.1) is 5.41 Å². The molecule has 152 valence electrons.